The lowest BCUT2D eigenvalue weighted by Gasteiger charge is -2.07. The molecule has 0 saturated carbocycles. The molecule has 0 saturated heterocycles. The van der Waals surface area contributed by atoms with Crippen LogP contribution in [-0.4, -0.2) is 6.79 Å². The SMILES string of the molecule is Clc1c(Br)cccc1-c1ccc2c(c1)OCO2. The minimum absolute atomic E-state index is 0.283. The van der Waals surface area contributed by atoms with E-state index >= 15 is 0 Å². The lowest BCUT2D eigenvalue weighted by Crippen LogP contribution is -1.92. The first kappa shape index (κ1) is 10.9. The van der Waals surface area contributed by atoms with Gasteiger partial charge in [-0.3, -0.25) is 0 Å². The van der Waals surface area contributed by atoms with Crippen LogP contribution in [0.1, 0.15) is 0 Å². The van der Waals surface area contributed by atoms with E-state index in [0.29, 0.717) is 5.02 Å². The second kappa shape index (κ2) is 4.24. The van der Waals surface area contributed by atoms with E-state index in [1.165, 1.54) is 0 Å². The summed E-state index contributed by atoms with van der Waals surface area (Å²) < 4.78 is 11.5. The zero-order valence-electron chi connectivity index (χ0n) is 8.74. The lowest BCUT2D eigenvalue weighted by atomic mass is 10.1. The second-order valence-electron chi connectivity index (χ2n) is 3.67. The molecule has 2 aromatic rings. The Balaban J connectivity index is 2.13. The van der Waals surface area contributed by atoms with Crippen LogP contribution >= 0.6 is 27.5 Å². The monoisotopic (exact) mass is 310 g/mol. The molecule has 2 aromatic carbocycles. The predicted octanol–water partition coefficient (Wildman–Crippen LogP) is 4.50. The fraction of sp³-hybridized carbons (Fsp3) is 0.0769. The fourth-order valence-electron chi connectivity index (χ4n) is 1.79. The van der Waals surface area contributed by atoms with Crippen LogP contribution in [0, 0.1) is 0 Å². The molecular weight excluding hydrogens is 303 g/mol. The molecule has 1 heterocycles. The fourth-order valence-corrected chi connectivity index (χ4v) is 2.39. The van der Waals surface area contributed by atoms with Crippen LogP contribution in [0.3, 0.4) is 0 Å². The van der Waals surface area contributed by atoms with Crippen molar-refractivity contribution in [3.63, 3.8) is 0 Å². The predicted molar refractivity (Wildman–Crippen MR) is 70.7 cm³/mol. The Morgan fingerprint density at radius 3 is 2.76 bits per heavy atom. The van der Waals surface area contributed by atoms with Gasteiger partial charge in [0, 0.05) is 10.0 Å². The molecule has 1 aliphatic rings. The smallest absolute Gasteiger partial charge is 0.231 e. The van der Waals surface area contributed by atoms with Crippen molar-refractivity contribution in [2.75, 3.05) is 6.79 Å². The molecule has 0 fully saturated rings. The van der Waals surface area contributed by atoms with E-state index in [4.69, 9.17) is 21.1 Å². The van der Waals surface area contributed by atoms with Gasteiger partial charge in [-0.15, -0.1) is 0 Å². The highest BCUT2D eigenvalue weighted by Gasteiger charge is 2.15. The Labute approximate surface area is 112 Å². The first-order valence-corrected chi connectivity index (χ1v) is 6.27. The summed E-state index contributed by atoms with van der Waals surface area (Å²) in [6.45, 7) is 0.283. The van der Waals surface area contributed by atoms with E-state index in [2.05, 4.69) is 15.9 Å². The average Bonchev–Trinajstić information content (AvgIpc) is 2.79. The first-order valence-electron chi connectivity index (χ1n) is 5.10. The molecule has 0 radical (unpaired) electrons. The van der Waals surface area contributed by atoms with Gasteiger partial charge in [0.05, 0.1) is 5.02 Å². The first-order chi connectivity index (χ1) is 8.25. The summed E-state index contributed by atoms with van der Waals surface area (Å²) in [6, 6.07) is 11.7. The summed E-state index contributed by atoms with van der Waals surface area (Å²) >= 11 is 9.68. The quantitative estimate of drug-likeness (QED) is 0.772. The molecule has 1 aliphatic heterocycles. The maximum Gasteiger partial charge on any atom is 0.231 e. The Kier molecular flexibility index (Phi) is 2.73. The third-order valence-corrected chi connectivity index (χ3v) is 3.93. The van der Waals surface area contributed by atoms with Gasteiger partial charge in [-0.05, 0) is 39.7 Å². The van der Waals surface area contributed by atoms with E-state index < -0.39 is 0 Å². The van der Waals surface area contributed by atoms with Gasteiger partial charge in [-0.2, -0.15) is 0 Å². The summed E-state index contributed by atoms with van der Waals surface area (Å²) in [5.41, 5.74) is 1.99. The second-order valence-corrected chi connectivity index (χ2v) is 4.90. The largest absolute Gasteiger partial charge is 0.454 e. The Hall–Kier alpha value is -1.19. The van der Waals surface area contributed by atoms with Crippen LogP contribution in [0.15, 0.2) is 40.9 Å². The molecule has 0 unspecified atom stereocenters. The molecule has 4 heteroatoms. The van der Waals surface area contributed by atoms with E-state index in [1.54, 1.807) is 0 Å². The summed E-state index contributed by atoms with van der Waals surface area (Å²) in [5.74, 6) is 1.54. The Bertz CT molecular complexity index is 584. The molecule has 2 nitrogen and oxygen atoms in total. The number of rotatable bonds is 1. The molecule has 0 N–H and O–H groups in total. The standard InChI is InChI=1S/C13H8BrClO2/c14-10-3-1-2-9(13(10)15)8-4-5-11-12(6-8)17-7-16-11/h1-6H,7H2. The summed E-state index contributed by atoms with van der Waals surface area (Å²) in [7, 11) is 0. The average molecular weight is 312 g/mol. The minimum Gasteiger partial charge on any atom is -0.454 e. The summed E-state index contributed by atoms with van der Waals surface area (Å²) in [5, 5.41) is 0.700. The Morgan fingerprint density at radius 1 is 1.06 bits per heavy atom. The van der Waals surface area contributed by atoms with E-state index in [-0.39, 0.29) is 6.79 Å². The zero-order chi connectivity index (χ0) is 11.8. The van der Waals surface area contributed by atoms with Crippen molar-refractivity contribution in [3.8, 4) is 22.6 Å². The summed E-state index contributed by atoms with van der Waals surface area (Å²) in [6.07, 6.45) is 0. The van der Waals surface area contributed by atoms with Crippen molar-refractivity contribution in [2.45, 2.75) is 0 Å². The zero-order valence-corrected chi connectivity index (χ0v) is 11.1. The number of benzene rings is 2. The van der Waals surface area contributed by atoms with Crippen LogP contribution in [0.4, 0.5) is 0 Å². The third kappa shape index (κ3) is 1.90. The van der Waals surface area contributed by atoms with Crippen molar-refractivity contribution < 1.29 is 9.47 Å². The minimum atomic E-state index is 0.283. The number of fused-ring (bicyclic) bond motifs is 1. The van der Waals surface area contributed by atoms with E-state index in [9.17, 15) is 0 Å². The van der Waals surface area contributed by atoms with Crippen molar-refractivity contribution >= 4 is 27.5 Å². The van der Waals surface area contributed by atoms with Crippen LogP contribution in [0.5, 0.6) is 11.5 Å². The van der Waals surface area contributed by atoms with Crippen molar-refractivity contribution in [1.82, 2.24) is 0 Å². The van der Waals surface area contributed by atoms with Crippen LogP contribution in [0.25, 0.3) is 11.1 Å². The molecular formula is C13H8BrClO2. The van der Waals surface area contributed by atoms with Gasteiger partial charge < -0.3 is 9.47 Å². The molecule has 0 atom stereocenters. The van der Waals surface area contributed by atoms with Crippen LogP contribution in [-0.2, 0) is 0 Å². The molecule has 17 heavy (non-hydrogen) atoms. The number of ether oxygens (including phenoxy) is 2. The van der Waals surface area contributed by atoms with Gasteiger partial charge in [-0.1, -0.05) is 29.8 Å². The highest BCUT2D eigenvalue weighted by molar-refractivity contribution is 9.10. The third-order valence-electron chi connectivity index (χ3n) is 2.64. The number of hydrogen-bond acceptors (Lipinski definition) is 2. The highest BCUT2D eigenvalue weighted by Crippen LogP contribution is 2.39. The molecule has 0 aliphatic carbocycles. The number of hydrogen-bond donors (Lipinski definition) is 0. The van der Waals surface area contributed by atoms with E-state index in [1.807, 2.05) is 36.4 Å². The van der Waals surface area contributed by atoms with Crippen molar-refractivity contribution in [1.29, 1.82) is 0 Å². The Morgan fingerprint density at radius 2 is 1.88 bits per heavy atom. The van der Waals surface area contributed by atoms with Crippen LogP contribution in [0.2, 0.25) is 5.02 Å². The highest BCUT2D eigenvalue weighted by atomic mass is 79.9. The van der Waals surface area contributed by atoms with Gasteiger partial charge in [0.2, 0.25) is 6.79 Å². The van der Waals surface area contributed by atoms with Gasteiger partial charge in [0.15, 0.2) is 11.5 Å². The normalized spacial score (nSPS) is 12.8. The van der Waals surface area contributed by atoms with E-state index in [0.717, 1.165) is 27.1 Å². The number of halogens is 2. The van der Waals surface area contributed by atoms with Crippen molar-refractivity contribution in [3.05, 3.63) is 45.9 Å². The molecule has 0 spiro atoms. The van der Waals surface area contributed by atoms with Gasteiger partial charge >= 0.3 is 0 Å². The maximum absolute atomic E-state index is 6.26. The molecule has 86 valence electrons. The van der Waals surface area contributed by atoms with Crippen LogP contribution < -0.4 is 9.47 Å². The maximum atomic E-state index is 6.26. The van der Waals surface area contributed by atoms with Crippen molar-refractivity contribution in [2.24, 2.45) is 0 Å². The molecule has 3 rings (SSSR count). The van der Waals surface area contributed by atoms with Gasteiger partial charge in [-0.25, -0.2) is 0 Å². The van der Waals surface area contributed by atoms with Gasteiger partial charge in [0.1, 0.15) is 0 Å². The lowest BCUT2D eigenvalue weighted by molar-refractivity contribution is 0.174. The molecule has 0 aromatic heterocycles. The van der Waals surface area contributed by atoms with Gasteiger partial charge in [0.25, 0.3) is 0 Å². The summed E-state index contributed by atoms with van der Waals surface area (Å²) in [4.78, 5) is 0. The molecule has 0 amide bonds. The molecule has 0 bridgehead atoms. The topological polar surface area (TPSA) is 18.5 Å².